The van der Waals surface area contributed by atoms with Gasteiger partial charge >= 0.3 is 0 Å². The number of nitrogens with zero attached hydrogens (tertiary/aromatic N) is 3. The summed E-state index contributed by atoms with van der Waals surface area (Å²) in [6, 6.07) is 12.8. The summed E-state index contributed by atoms with van der Waals surface area (Å²) in [5.41, 5.74) is 2.80. The Hall–Kier alpha value is -3.12. The molecule has 6 rings (SSSR count). The van der Waals surface area contributed by atoms with Crippen molar-refractivity contribution in [2.75, 3.05) is 39.3 Å². The maximum Gasteiger partial charge on any atom is 0.257 e. The summed E-state index contributed by atoms with van der Waals surface area (Å²) in [5, 5.41) is 15.7. The highest BCUT2D eigenvalue weighted by molar-refractivity contribution is 6.30. The molecule has 0 bridgehead atoms. The van der Waals surface area contributed by atoms with Crippen LogP contribution in [0.3, 0.4) is 0 Å². The lowest BCUT2D eigenvalue weighted by Crippen LogP contribution is -2.49. The van der Waals surface area contributed by atoms with Crippen molar-refractivity contribution in [2.24, 2.45) is 11.1 Å². The van der Waals surface area contributed by atoms with Gasteiger partial charge in [0.05, 0.1) is 46.0 Å². The van der Waals surface area contributed by atoms with E-state index in [2.05, 4.69) is 15.2 Å². The lowest BCUT2D eigenvalue weighted by molar-refractivity contribution is -0.142. The molecule has 2 fully saturated rings. The molecule has 0 spiro atoms. The fourth-order valence-electron chi connectivity index (χ4n) is 6.16. The summed E-state index contributed by atoms with van der Waals surface area (Å²) >= 11 is 12.3. The molecule has 0 radical (unpaired) electrons. The number of carbonyl (C=O) groups is 2. The third-order valence-corrected chi connectivity index (χ3v) is 9.40. The van der Waals surface area contributed by atoms with Crippen molar-refractivity contribution in [2.45, 2.75) is 37.6 Å². The molecule has 1 saturated heterocycles. The van der Waals surface area contributed by atoms with Gasteiger partial charge in [0.25, 0.3) is 5.91 Å². The SMILES string of the molecule is CC(O)(CN1CCNCC1)c1cc(F)c2c(c1)C(=O)N(Cc1ccc(Cl)cn1)[C@@]2(OCC1(C(N)=O)CC1)c1ccc(Cl)cc1. The highest BCUT2D eigenvalue weighted by Crippen LogP contribution is 2.52. The first-order valence-electron chi connectivity index (χ1n) is 14.6. The number of ether oxygens (including phenoxy) is 1. The van der Waals surface area contributed by atoms with Gasteiger partial charge in [0, 0.05) is 49.5 Å². The van der Waals surface area contributed by atoms with Crippen molar-refractivity contribution < 1.29 is 23.8 Å². The monoisotopic (exact) mass is 641 g/mol. The topological polar surface area (TPSA) is 121 Å². The Morgan fingerprint density at radius 2 is 1.82 bits per heavy atom. The molecule has 1 saturated carbocycles. The largest absolute Gasteiger partial charge is 0.384 e. The van der Waals surface area contributed by atoms with Crippen LogP contribution in [0.2, 0.25) is 10.0 Å². The number of benzene rings is 2. The number of piperazine rings is 1. The first-order chi connectivity index (χ1) is 20.9. The molecule has 1 aromatic heterocycles. The predicted molar refractivity (Wildman–Crippen MR) is 163 cm³/mol. The smallest absolute Gasteiger partial charge is 0.257 e. The van der Waals surface area contributed by atoms with Crippen molar-refractivity contribution in [1.29, 1.82) is 0 Å². The average Bonchev–Trinajstić information content (AvgIpc) is 3.76. The number of pyridine rings is 1. The first kappa shape index (κ1) is 30.9. The van der Waals surface area contributed by atoms with Gasteiger partial charge in [-0.2, -0.15) is 0 Å². The molecule has 232 valence electrons. The van der Waals surface area contributed by atoms with Crippen LogP contribution in [0.4, 0.5) is 4.39 Å². The maximum atomic E-state index is 16.7. The van der Waals surface area contributed by atoms with E-state index in [-0.39, 0.29) is 36.4 Å². The number of primary amides is 1. The van der Waals surface area contributed by atoms with Crippen molar-refractivity contribution in [3.8, 4) is 0 Å². The molecular formula is C32H34Cl2FN5O4. The van der Waals surface area contributed by atoms with Crippen LogP contribution in [0.1, 0.15) is 52.5 Å². The van der Waals surface area contributed by atoms with E-state index in [1.165, 1.54) is 17.2 Å². The van der Waals surface area contributed by atoms with Crippen LogP contribution in [0, 0.1) is 11.2 Å². The van der Waals surface area contributed by atoms with Gasteiger partial charge in [0.2, 0.25) is 5.91 Å². The summed E-state index contributed by atoms with van der Waals surface area (Å²) in [7, 11) is 0. The Morgan fingerprint density at radius 3 is 2.43 bits per heavy atom. The molecule has 1 aliphatic carbocycles. The minimum atomic E-state index is -1.80. The summed E-state index contributed by atoms with van der Waals surface area (Å²) in [5.74, 6) is -1.76. The molecule has 2 aliphatic heterocycles. The van der Waals surface area contributed by atoms with Gasteiger partial charge in [0.15, 0.2) is 5.72 Å². The third kappa shape index (κ3) is 5.59. The van der Waals surface area contributed by atoms with Crippen LogP contribution in [0.25, 0.3) is 0 Å². The second kappa shape index (κ2) is 11.7. The number of β-amino-alcohol motifs (C(OH)–C–C–N with tert-alkyl or cyclic N) is 1. The van der Waals surface area contributed by atoms with Crippen molar-refractivity contribution in [3.05, 3.63) is 98.5 Å². The van der Waals surface area contributed by atoms with Gasteiger partial charge in [-0.05, 0) is 61.7 Å². The Bertz CT molecular complexity index is 1580. The predicted octanol–water partition coefficient (Wildman–Crippen LogP) is 3.78. The van der Waals surface area contributed by atoms with E-state index in [1.807, 2.05) is 0 Å². The van der Waals surface area contributed by atoms with E-state index in [9.17, 15) is 14.7 Å². The van der Waals surface area contributed by atoms with Crippen LogP contribution in [-0.4, -0.2) is 71.0 Å². The van der Waals surface area contributed by atoms with E-state index in [0.29, 0.717) is 34.1 Å². The number of nitrogens with one attached hydrogen (secondary N) is 1. The number of carbonyl (C=O) groups excluding carboxylic acids is 2. The highest BCUT2D eigenvalue weighted by atomic mass is 35.5. The number of aromatic nitrogens is 1. The summed E-state index contributed by atoms with van der Waals surface area (Å²) in [6.45, 7) is 4.73. The Morgan fingerprint density at radius 1 is 1.14 bits per heavy atom. The van der Waals surface area contributed by atoms with E-state index in [1.54, 1.807) is 49.4 Å². The second-order valence-corrected chi connectivity index (χ2v) is 13.0. The number of fused-ring (bicyclic) bond motifs is 1. The van der Waals surface area contributed by atoms with Gasteiger partial charge < -0.3 is 20.9 Å². The number of aliphatic hydroxyl groups is 1. The molecule has 9 nitrogen and oxygen atoms in total. The highest BCUT2D eigenvalue weighted by Gasteiger charge is 2.58. The molecular weight excluding hydrogens is 608 g/mol. The Kier molecular flexibility index (Phi) is 8.19. The molecule has 4 N–H and O–H groups in total. The first-order valence-corrected chi connectivity index (χ1v) is 15.3. The van der Waals surface area contributed by atoms with Crippen LogP contribution >= 0.6 is 23.2 Å². The Balaban J connectivity index is 1.50. The lowest BCUT2D eigenvalue weighted by Gasteiger charge is -2.40. The van der Waals surface area contributed by atoms with Crippen molar-refractivity contribution >= 4 is 35.0 Å². The summed E-state index contributed by atoms with van der Waals surface area (Å²) in [6.07, 6.45) is 2.51. The van der Waals surface area contributed by atoms with Crippen molar-refractivity contribution in [1.82, 2.24) is 20.1 Å². The van der Waals surface area contributed by atoms with E-state index < -0.39 is 34.4 Å². The minimum absolute atomic E-state index is 0.0132. The zero-order valence-corrected chi connectivity index (χ0v) is 25.8. The van der Waals surface area contributed by atoms with Gasteiger partial charge in [0.1, 0.15) is 5.82 Å². The van der Waals surface area contributed by atoms with Crippen LogP contribution in [0.5, 0.6) is 0 Å². The van der Waals surface area contributed by atoms with Gasteiger partial charge in [-0.3, -0.25) is 24.4 Å². The minimum Gasteiger partial charge on any atom is -0.384 e. The lowest BCUT2D eigenvalue weighted by atomic mass is 9.87. The van der Waals surface area contributed by atoms with E-state index in [0.717, 1.165) is 26.2 Å². The van der Waals surface area contributed by atoms with Gasteiger partial charge in [-0.25, -0.2) is 4.39 Å². The van der Waals surface area contributed by atoms with E-state index >= 15 is 4.39 Å². The summed E-state index contributed by atoms with van der Waals surface area (Å²) < 4.78 is 23.3. The average molecular weight is 643 g/mol. The molecule has 2 aromatic carbocycles. The molecule has 3 aromatic rings. The van der Waals surface area contributed by atoms with Crippen molar-refractivity contribution in [3.63, 3.8) is 0 Å². The number of hydrogen-bond acceptors (Lipinski definition) is 7. The molecule has 2 atom stereocenters. The fourth-order valence-corrected chi connectivity index (χ4v) is 6.40. The zero-order valence-electron chi connectivity index (χ0n) is 24.3. The second-order valence-electron chi connectivity index (χ2n) is 12.1. The number of rotatable bonds is 10. The van der Waals surface area contributed by atoms with E-state index in [4.69, 9.17) is 33.7 Å². The Labute approximate surface area is 265 Å². The fraction of sp³-hybridized carbons (Fsp3) is 0.406. The number of halogens is 3. The van der Waals surface area contributed by atoms with Crippen LogP contribution < -0.4 is 11.1 Å². The maximum absolute atomic E-state index is 16.7. The van der Waals surface area contributed by atoms with Crippen LogP contribution in [0.15, 0.2) is 54.7 Å². The standard InChI is InChI=1S/C32H34Cl2FN5O4/c1-30(43,18-39-12-10-37-11-13-39)21-14-25-27(26(35)15-21)32(20-2-4-22(33)5-3-20,44-19-31(8-9-31)29(36)42)40(28(25)41)17-24-7-6-23(34)16-38-24/h2-7,14-16,37,43H,8-13,17-19H2,1H3,(H2,36,42)/t30?,32-/m1/s1. The number of nitrogens with two attached hydrogens (primary N) is 1. The summed E-state index contributed by atoms with van der Waals surface area (Å²) in [4.78, 5) is 34.7. The molecule has 3 aliphatic rings. The normalized spacial score (nSPS) is 22.5. The number of hydrogen-bond donors (Lipinski definition) is 3. The van der Waals surface area contributed by atoms with Gasteiger partial charge in [-0.1, -0.05) is 35.3 Å². The quantitative estimate of drug-likeness (QED) is 0.308. The molecule has 3 heterocycles. The molecule has 1 unspecified atom stereocenters. The number of amides is 2. The molecule has 2 amide bonds. The third-order valence-electron chi connectivity index (χ3n) is 8.93. The van der Waals surface area contributed by atoms with Crippen LogP contribution in [-0.2, 0) is 27.4 Å². The molecule has 12 heteroatoms. The molecule has 44 heavy (non-hydrogen) atoms. The zero-order chi connectivity index (χ0) is 31.3. The van der Waals surface area contributed by atoms with Gasteiger partial charge in [-0.15, -0.1) is 0 Å².